The van der Waals surface area contributed by atoms with Crippen LogP contribution in [0.2, 0.25) is 5.02 Å². The van der Waals surface area contributed by atoms with E-state index in [0.717, 1.165) is 36.2 Å². The van der Waals surface area contributed by atoms with E-state index in [1.165, 1.54) is 12.8 Å². The highest BCUT2D eigenvalue weighted by molar-refractivity contribution is 9.10. The minimum atomic E-state index is 0.242. The highest BCUT2D eigenvalue weighted by atomic mass is 79.9. The van der Waals surface area contributed by atoms with Crippen LogP contribution in [0.1, 0.15) is 24.4 Å². The Labute approximate surface area is 127 Å². The molecule has 5 heteroatoms. The van der Waals surface area contributed by atoms with Crippen molar-refractivity contribution in [3.05, 3.63) is 27.2 Å². The van der Waals surface area contributed by atoms with Crippen molar-refractivity contribution in [2.75, 3.05) is 26.2 Å². The molecule has 2 aliphatic rings. The first-order valence-electron chi connectivity index (χ1n) is 6.80. The Bertz CT molecular complexity index is 473. The number of phenolic OH excluding ortho intramolecular Hbond substituents is 1. The van der Waals surface area contributed by atoms with Crippen molar-refractivity contribution in [3.8, 4) is 5.75 Å². The molecule has 19 heavy (non-hydrogen) atoms. The Morgan fingerprint density at radius 2 is 2.00 bits per heavy atom. The fourth-order valence-corrected chi connectivity index (χ4v) is 3.65. The molecule has 3 rings (SSSR count). The minimum absolute atomic E-state index is 0.242. The van der Waals surface area contributed by atoms with Crippen molar-refractivity contribution in [1.82, 2.24) is 10.2 Å². The number of hydrogen-bond acceptors (Lipinski definition) is 3. The fourth-order valence-electron chi connectivity index (χ4n) is 2.93. The molecule has 1 aromatic rings. The third kappa shape index (κ3) is 2.77. The van der Waals surface area contributed by atoms with Gasteiger partial charge in [-0.2, -0.15) is 0 Å². The van der Waals surface area contributed by atoms with Gasteiger partial charge >= 0.3 is 0 Å². The van der Waals surface area contributed by atoms with E-state index in [1.807, 2.05) is 6.07 Å². The smallest absolute Gasteiger partial charge is 0.140 e. The standard InChI is InChI=1S/C14H18BrClN2O/c15-10-3-4-11(16)14(19)12(10)13(9-1-2-9)18-7-5-17-6-8-18/h3-4,9,13,17,19H,1-2,5-8H2/t13-/m0/s1. The van der Waals surface area contributed by atoms with Gasteiger partial charge in [-0.1, -0.05) is 27.5 Å². The van der Waals surface area contributed by atoms with Crippen LogP contribution in [0.15, 0.2) is 16.6 Å². The van der Waals surface area contributed by atoms with Gasteiger partial charge in [0.2, 0.25) is 0 Å². The Morgan fingerprint density at radius 3 is 2.63 bits per heavy atom. The van der Waals surface area contributed by atoms with Crippen LogP contribution in [0.4, 0.5) is 0 Å². The Hall–Kier alpha value is -0.290. The minimum Gasteiger partial charge on any atom is -0.506 e. The zero-order valence-electron chi connectivity index (χ0n) is 10.7. The van der Waals surface area contributed by atoms with Crippen LogP contribution in [0.5, 0.6) is 5.75 Å². The summed E-state index contributed by atoms with van der Waals surface area (Å²) in [6.45, 7) is 4.09. The molecule has 1 atom stereocenters. The van der Waals surface area contributed by atoms with Gasteiger partial charge in [0.15, 0.2) is 0 Å². The number of benzene rings is 1. The number of piperazine rings is 1. The van der Waals surface area contributed by atoms with Crippen LogP contribution < -0.4 is 5.32 Å². The lowest BCUT2D eigenvalue weighted by Gasteiger charge is -2.36. The molecule has 1 aliphatic heterocycles. The molecular formula is C14H18BrClN2O. The second-order valence-electron chi connectivity index (χ2n) is 5.36. The fraction of sp³-hybridized carbons (Fsp3) is 0.571. The van der Waals surface area contributed by atoms with Crippen molar-refractivity contribution in [2.24, 2.45) is 5.92 Å². The third-order valence-corrected chi connectivity index (χ3v) is 5.02. The molecule has 1 aliphatic carbocycles. The average molecular weight is 346 g/mol. The van der Waals surface area contributed by atoms with Crippen molar-refractivity contribution < 1.29 is 5.11 Å². The summed E-state index contributed by atoms with van der Waals surface area (Å²) in [5.74, 6) is 0.894. The van der Waals surface area contributed by atoms with E-state index < -0.39 is 0 Å². The van der Waals surface area contributed by atoms with E-state index >= 15 is 0 Å². The summed E-state index contributed by atoms with van der Waals surface area (Å²) in [6, 6.07) is 3.97. The zero-order chi connectivity index (χ0) is 13.4. The molecule has 0 spiro atoms. The molecule has 104 valence electrons. The molecule has 1 heterocycles. The van der Waals surface area contributed by atoms with E-state index in [4.69, 9.17) is 11.6 Å². The lowest BCUT2D eigenvalue weighted by Crippen LogP contribution is -2.45. The molecule has 0 unspecified atom stereocenters. The van der Waals surface area contributed by atoms with E-state index in [-0.39, 0.29) is 11.8 Å². The highest BCUT2D eigenvalue weighted by Gasteiger charge is 2.39. The van der Waals surface area contributed by atoms with Gasteiger partial charge in [0.05, 0.1) is 5.02 Å². The number of halogens is 2. The lowest BCUT2D eigenvalue weighted by molar-refractivity contribution is 0.153. The maximum Gasteiger partial charge on any atom is 0.140 e. The summed E-state index contributed by atoms with van der Waals surface area (Å²) in [7, 11) is 0. The first-order valence-corrected chi connectivity index (χ1v) is 7.97. The van der Waals surface area contributed by atoms with Gasteiger partial charge in [0.1, 0.15) is 5.75 Å². The second kappa shape index (κ2) is 5.60. The molecule has 0 aromatic heterocycles. The average Bonchev–Trinajstić information content (AvgIpc) is 3.24. The second-order valence-corrected chi connectivity index (χ2v) is 6.62. The zero-order valence-corrected chi connectivity index (χ0v) is 13.0. The van der Waals surface area contributed by atoms with Crippen molar-refractivity contribution in [1.29, 1.82) is 0 Å². The van der Waals surface area contributed by atoms with Gasteiger partial charge in [0.25, 0.3) is 0 Å². The van der Waals surface area contributed by atoms with Crippen LogP contribution in [0.3, 0.4) is 0 Å². The number of nitrogens with zero attached hydrogens (tertiary/aromatic N) is 1. The Balaban J connectivity index is 1.97. The maximum atomic E-state index is 10.4. The van der Waals surface area contributed by atoms with E-state index in [2.05, 4.69) is 26.1 Å². The van der Waals surface area contributed by atoms with Crippen LogP contribution in [-0.2, 0) is 0 Å². The molecule has 1 saturated carbocycles. The third-order valence-electron chi connectivity index (χ3n) is 4.02. The SMILES string of the molecule is Oc1c(Cl)ccc(Br)c1[C@H](C1CC1)N1CCNCC1. The number of hydrogen-bond donors (Lipinski definition) is 2. The summed E-state index contributed by atoms with van der Waals surface area (Å²) in [6.07, 6.45) is 2.49. The Kier molecular flexibility index (Phi) is 4.03. The normalized spacial score (nSPS) is 22.4. The summed E-state index contributed by atoms with van der Waals surface area (Å²) < 4.78 is 0.963. The number of phenols is 1. The monoisotopic (exact) mass is 344 g/mol. The quantitative estimate of drug-likeness (QED) is 0.883. The summed E-state index contributed by atoms with van der Waals surface area (Å²) in [5, 5.41) is 14.2. The number of rotatable bonds is 3. The first-order chi connectivity index (χ1) is 9.18. The molecule has 0 radical (unpaired) electrons. The van der Waals surface area contributed by atoms with Crippen molar-refractivity contribution >= 4 is 27.5 Å². The number of aromatic hydroxyl groups is 1. The van der Waals surface area contributed by atoms with Crippen LogP contribution in [-0.4, -0.2) is 36.2 Å². The van der Waals surface area contributed by atoms with Crippen LogP contribution in [0, 0.1) is 5.92 Å². The van der Waals surface area contributed by atoms with Gasteiger partial charge in [-0.25, -0.2) is 0 Å². The van der Waals surface area contributed by atoms with Crippen LogP contribution >= 0.6 is 27.5 Å². The molecule has 2 N–H and O–H groups in total. The largest absolute Gasteiger partial charge is 0.506 e. The topological polar surface area (TPSA) is 35.5 Å². The van der Waals surface area contributed by atoms with Gasteiger partial charge in [-0.3, -0.25) is 4.90 Å². The highest BCUT2D eigenvalue weighted by Crippen LogP contribution is 2.50. The molecule has 1 saturated heterocycles. The van der Waals surface area contributed by atoms with Crippen LogP contribution in [0.25, 0.3) is 0 Å². The predicted molar refractivity (Wildman–Crippen MR) is 80.7 cm³/mol. The van der Waals surface area contributed by atoms with Gasteiger partial charge in [0, 0.05) is 42.3 Å². The van der Waals surface area contributed by atoms with E-state index in [9.17, 15) is 5.11 Å². The van der Waals surface area contributed by atoms with E-state index in [1.54, 1.807) is 6.07 Å². The molecule has 2 fully saturated rings. The maximum absolute atomic E-state index is 10.4. The number of nitrogens with one attached hydrogen (secondary N) is 1. The Morgan fingerprint density at radius 1 is 1.32 bits per heavy atom. The predicted octanol–water partition coefficient (Wildman–Crippen LogP) is 3.16. The molecule has 0 amide bonds. The van der Waals surface area contributed by atoms with Gasteiger partial charge < -0.3 is 10.4 Å². The lowest BCUT2D eigenvalue weighted by atomic mass is 9.98. The van der Waals surface area contributed by atoms with E-state index in [0.29, 0.717) is 10.9 Å². The molecule has 3 nitrogen and oxygen atoms in total. The summed E-state index contributed by atoms with van der Waals surface area (Å²) >= 11 is 9.68. The molecular weight excluding hydrogens is 328 g/mol. The van der Waals surface area contributed by atoms with Crippen molar-refractivity contribution in [3.63, 3.8) is 0 Å². The molecule has 0 bridgehead atoms. The first kappa shape index (κ1) is 13.7. The van der Waals surface area contributed by atoms with Gasteiger partial charge in [-0.05, 0) is 30.9 Å². The summed E-state index contributed by atoms with van der Waals surface area (Å²) in [5.41, 5.74) is 0.969. The van der Waals surface area contributed by atoms with Gasteiger partial charge in [-0.15, -0.1) is 0 Å². The summed E-state index contributed by atoms with van der Waals surface area (Å²) in [4.78, 5) is 2.48. The van der Waals surface area contributed by atoms with Crippen molar-refractivity contribution in [2.45, 2.75) is 18.9 Å². The molecule has 1 aromatic carbocycles.